The SMILES string of the molecule is COP(=O)(OC)C1(O)CCCCC1. The Hall–Kier alpha value is 0.110. The van der Waals surface area contributed by atoms with Crippen molar-refractivity contribution in [3.63, 3.8) is 0 Å². The Morgan fingerprint density at radius 1 is 1.15 bits per heavy atom. The third kappa shape index (κ3) is 1.96. The van der Waals surface area contributed by atoms with Crippen LogP contribution in [0.1, 0.15) is 32.1 Å². The zero-order valence-corrected chi connectivity index (χ0v) is 9.05. The van der Waals surface area contributed by atoms with E-state index in [1.807, 2.05) is 0 Å². The Labute approximate surface area is 78.8 Å². The van der Waals surface area contributed by atoms with E-state index in [-0.39, 0.29) is 0 Å². The van der Waals surface area contributed by atoms with Crippen LogP contribution in [-0.2, 0) is 13.6 Å². The Morgan fingerprint density at radius 2 is 1.62 bits per heavy atom. The van der Waals surface area contributed by atoms with E-state index in [0.717, 1.165) is 19.3 Å². The molecule has 1 saturated carbocycles. The molecule has 0 heterocycles. The van der Waals surface area contributed by atoms with Crippen molar-refractivity contribution in [2.24, 2.45) is 0 Å². The number of aliphatic hydroxyl groups is 1. The molecule has 0 aromatic carbocycles. The highest BCUT2D eigenvalue weighted by Gasteiger charge is 2.48. The van der Waals surface area contributed by atoms with Crippen molar-refractivity contribution in [3.05, 3.63) is 0 Å². The molecule has 0 amide bonds. The maximum atomic E-state index is 11.9. The summed E-state index contributed by atoms with van der Waals surface area (Å²) in [6.07, 6.45) is 3.86. The lowest BCUT2D eigenvalue weighted by Gasteiger charge is -2.35. The van der Waals surface area contributed by atoms with Gasteiger partial charge >= 0.3 is 7.60 Å². The van der Waals surface area contributed by atoms with Crippen molar-refractivity contribution in [2.45, 2.75) is 37.4 Å². The van der Waals surface area contributed by atoms with Crippen LogP contribution in [0.2, 0.25) is 0 Å². The Bertz CT molecular complexity index is 202. The van der Waals surface area contributed by atoms with Crippen LogP contribution in [0, 0.1) is 0 Å². The van der Waals surface area contributed by atoms with Crippen LogP contribution >= 0.6 is 7.60 Å². The van der Waals surface area contributed by atoms with Crippen LogP contribution in [0.4, 0.5) is 0 Å². The van der Waals surface area contributed by atoms with Crippen LogP contribution in [0.3, 0.4) is 0 Å². The fraction of sp³-hybridized carbons (Fsp3) is 1.00. The van der Waals surface area contributed by atoms with E-state index in [1.54, 1.807) is 0 Å². The molecule has 0 saturated heterocycles. The summed E-state index contributed by atoms with van der Waals surface area (Å²) in [7, 11) is -0.680. The molecule has 4 nitrogen and oxygen atoms in total. The highest BCUT2D eigenvalue weighted by Crippen LogP contribution is 2.62. The van der Waals surface area contributed by atoms with E-state index >= 15 is 0 Å². The summed E-state index contributed by atoms with van der Waals surface area (Å²) in [5.74, 6) is 0. The van der Waals surface area contributed by atoms with Crippen LogP contribution in [0.15, 0.2) is 0 Å². The number of hydrogen-bond acceptors (Lipinski definition) is 4. The largest absolute Gasteiger partial charge is 0.377 e. The molecule has 0 aromatic rings. The van der Waals surface area contributed by atoms with Crippen molar-refractivity contribution in [1.29, 1.82) is 0 Å². The molecule has 0 bridgehead atoms. The summed E-state index contributed by atoms with van der Waals surface area (Å²) in [6.45, 7) is 0. The van der Waals surface area contributed by atoms with E-state index < -0.39 is 12.9 Å². The quantitative estimate of drug-likeness (QED) is 0.722. The topological polar surface area (TPSA) is 55.8 Å². The van der Waals surface area contributed by atoms with Crippen molar-refractivity contribution in [1.82, 2.24) is 0 Å². The van der Waals surface area contributed by atoms with E-state index in [0.29, 0.717) is 12.8 Å². The Balaban J connectivity index is 2.81. The van der Waals surface area contributed by atoms with E-state index in [1.165, 1.54) is 14.2 Å². The molecule has 13 heavy (non-hydrogen) atoms. The molecule has 0 spiro atoms. The minimum atomic E-state index is -3.31. The third-order valence-electron chi connectivity index (χ3n) is 2.64. The maximum absolute atomic E-state index is 11.9. The zero-order valence-electron chi connectivity index (χ0n) is 8.15. The molecular weight excluding hydrogens is 191 g/mol. The van der Waals surface area contributed by atoms with Gasteiger partial charge in [-0.25, -0.2) is 0 Å². The Morgan fingerprint density at radius 3 is 2.00 bits per heavy atom. The molecule has 5 heteroatoms. The lowest BCUT2D eigenvalue weighted by molar-refractivity contribution is 0.0457. The summed E-state index contributed by atoms with van der Waals surface area (Å²) in [6, 6.07) is 0. The molecule has 1 aliphatic carbocycles. The normalized spacial score (nSPS) is 23.0. The summed E-state index contributed by atoms with van der Waals surface area (Å²) < 4.78 is 21.6. The predicted molar refractivity (Wildman–Crippen MR) is 49.7 cm³/mol. The summed E-state index contributed by atoms with van der Waals surface area (Å²) in [4.78, 5) is 0. The molecule has 1 aliphatic rings. The molecule has 0 unspecified atom stereocenters. The minimum Gasteiger partial charge on any atom is -0.377 e. The van der Waals surface area contributed by atoms with Gasteiger partial charge in [-0.1, -0.05) is 6.42 Å². The first-order valence-electron chi connectivity index (χ1n) is 4.52. The lowest BCUT2D eigenvalue weighted by Crippen LogP contribution is -2.32. The number of rotatable bonds is 3. The first-order chi connectivity index (χ1) is 6.08. The molecule has 0 radical (unpaired) electrons. The zero-order chi connectivity index (χ0) is 9.95. The fourth-order valence-electron chi connectivity index (χ4n) is 1.81. The fourth-order valence-corrected chi connectivity index (χ4v) is 3.50. The van der Waals surface area contributed by atoms with Gasteiger partial charge in [0.25, 0.3) is 0 Å². The predicted octanol–water partition coefficient (Wildman–Crippen LogP) is 2.12. The summed E-state index contributed by atoms with van der Waals surface area (Å²) >= 11 is 0. The molecular formula is C8H17O4P. The van der Waals surface area contributed by atoms with E-state index in [2.05, 4.69) is 0 Å². The van der Waals surface area contributed by atoms with Gasteiger partial charge in [-0.05, 0) is 25.7 Å². The second-order valence-corrected chi connectivity index (χ2v) is 5.96. The smallest absolute Gasteiger partial charge is 0.361 e. The van der Waals surface area contributed by atoms with E-state index in [9.17, 15) is 9.67 Å². The van der Waals surface area contributed by atoms with Crippen LogP contribution in [0.25, 0.3) is 0 Å². The van der Waals surface area contributed by atoms with Gasteiger partial charge in [-0.15, -0.1) is 0 Å². The van der Waals surface area contributed by atoms with Crippen molar-refractivity contribution >= 4 is 7.60 Å². The highest BCUT2D eigenvalue weighted by molar-refractivity contribution is 7.55. The molecule has 0 atom stereocenters. The van der Waals surface area contributed by atoms with Crippen LogP contribution < -0.4 is 0 Å². The molecule has 0 aromatic heterocycles. The highest BCUT2D eigenvalue weighted by atomic mass is 31.2. The van der Waals surface area contributed by atoms with Gasteiger partial charge < -0.3 is 14.2 Å². The molecule has 78 valence electrons. The molecule has 1 N–H and O–H groups in total. The summed E-state index contributed by atoms with van der Waals surface area (Å²) in [5.41, 5.74) is 0. The monoisotopic (exact) mass is 208 g/mol. The van der Waals surface area contributed by atoms with E-state index in [4.69, 9.17) is 9.05 Å². The first kappa shape index (κ1) is 11.2. The van der Waals surface area contributed by atoms with Gasteiger partial charge in [-0.2, -0.15) is 0 Å². The van der Waals surface area contributed by atoms with Gasteiger partial charge in [0.05, 0.1) is 0 Å². The maximum Gasteiger partial charge on any atom is 0.361 e. The van der Waals surface area contributed by atoms with Crippen molar-refractivity contribution in [2.75, 3.05) is 14.2 Å². The van der Waals surface area contributed by atoms with Crippen molar-refractivity contribution < 1.29 is 18.7 Å². The third-order valence-corrected chi connectivity index (χ3v) is 5.07. The van der Waals surface area contributed by atoms with Crippen LogP contribution in [0.5, 0.6) is 0 Å². The molecule has 1 rings (SSSR count). The average Bonchev–Trinajstić information content (AvgIpc) is 2.17. The average molecular weight is 208 g/mol. The molecule has 1 fully saturated rings. The van der Waals surface area contributed by atoms with Crippen molar-refractivity contribution in [3.8, 4) is 0 Å². The minimum absolute atomic E-state index is 0.506. The first-order valence-corrected chi connectivity index (χ1v) is 6.06. The van der Waals surface area contributed by atoms with Gasteiger partial charge in [-0.3, -0.25) is 4.57 Å². The van der Waals surface area contributed by atoms with Gasteiger partial charge in [0, 0.05) is 14.2 Å². The van der Waals surface area contributed by atoms with Gasteiger partial charge in [0.1, 0.15) is 0 Å². The second-order valence-electron chi connectivity index (χ2n) is 3.41. The molecule has 0 aliphatic heterocycles. The Kier molecular flexibility index (Phi) is 3.52. The standard InChI is InChI=1S/C8H17O4P/c1-11-13(10,12-2)8(9)6-4-3-5-7-8/h9H,3-7H2,1-2H3. The van der Waals surface area contributed by atoms with Crippen LogP contribution in [-0.4, -0.2) is 24.7 Å². The van der Waals surface area contributed by atoms with Gasteiger partial charge in [0.15, 0.2) is 5.34 Å². The number of hydrogen-bond donors (Lipinski definition) is 1. The second kappa shape index (κ2) is 4.09. The lowest BCUT2D eigenvalue weighted by atomic mass is 9.97. The summed E-state index contributed by atoms with van der Waals surface area (Å²) in [5, 5.41) is 8.82. The van der Waals surface area contributed by atoms with Gasteiger partial charge in [0.2, 0.25) is 0 Å².